The van der Waals surface area contributed by atoms with Crippen molar-refractivity contribution in [2.24, 2.45) is 0 Å². The molecule has 3 atom stereocenters. The molecule has 1 heterocycles. The molecular formula is C6H12OS. The fraction of sp³-hybridized carbons (Fsp3) is 1.00. The molecule has 0 bridgehead atoms. The lowest BCUT2D eigenvalue weighted by Gasteiger charge is -2.04. The molecule has 0 spiro atoms. The number of ether oxygens (including phenoxy) is 1. The Morgan fingerprint density at radius 3 is 2.25 bits per heavy atom. The molecule has 0 amide bonds. The Bertz CT molecular complexity index is 74.6. The van der Waals surface area contributed by atoms with Gasteiger partial charge in [0, 0.05) is 5.25 Å². The molecule has 8 heavy (non-hydrogen) atoms. The summed E-state index contributed by atoms with van der Waals surface area (Å²) < 4.78 is 5.40. The van der Waals surface area contributed by atoms with Crippen molar-refractivity contribution in [3.63, 3.8) is 0 Å². The fourth-order valence-electron chi connectivity index (χ4n) is 1.04. The van der Waals surface area contributed by atoms with E-state index in [1.807, 2.05) is 0 Å². The highest BCUT2D eigenvalue weighted by atomic mass is 32.1. The molecule has 0 aromatic carbocycles. The van der Waals surface area contributed by atoms with Crippen molar-refractivity contribution in [3.05, 3.63) is 0 Å². The summed E-state index contributed by atoms with van der Waals surface area (Å²) in [6, 6.07) is 0. The molecule has 0 radical (unpaired) electrons. The van der Waals surface area contributed by atoms with Gasteiger partial charge >= 0.3 is 0 Å². The van der Waals surface area contributed by atoms with E-state index >= 15 is 0 Å². The standard InChI is InChI=1S/C6H12OS/c1-4-3-6(8)5(2)7-4/h4-6,8H,3H2,1-2H3. The van der Waals surface area contributed by atoms with Gasteiger partial charge in [0.1, 0.15) is 0 Å². The van der Waals surface area contributed by atoms with Crippen LogP contribution in [0.3, 0.4) is 0 Å². The molecular weight excluding hydrogens is 120 g/mol. The van der Waals surface area contributed by atoms with Gasteiger partial charge in [-0.05, 0) is 20.3 Å². The molecule has 48 valence electrons. The topological polar surface area (TPSA) is 9.23 Å². The molecule has 0 saturated carbocycles. The van der Waals surface area contributed by atoms with Crippen LogP contribution in [0.2, 0.25) is 0 Å². The van der Waals surface area contributed by atoms with Gasteiger partial charge in [-0.2, -0.15) is 12.6 Å². The van der Waals surface area contributed by atoms with E-state index in [-0.39, 0.29) is 0 Å². The molecule has 1 aliphatic heterocycles. The predicted octanol–water partition coefficient (Wildman–Crippen LogP) is 1.48. The quantitative estimate of drug-likeness (QED) is 0.491. The van der Waals surface area contributed by atoms with Crippen molar-refractivity contribution in [3.8, 4) is 0 Å². The van der Waals surface area contributed by atoms with Gasteiger partial charge in [-0.25, -0.2) is 0 Å². The summed E-state index contributed by atoms with van der Waals surface area (Å²) in [4.78, 5) is 0. The van der Waals surface area contributed by atoms with Crippen LogP contribution >= 0.6 is 12.6 Å². The zero-order valence-corrected chi connectivity index (χ0v) is 6.19. The zero-order valence-electron chi connectivity index (χ0n) is 5.29. The van der Waals surface area contributed by atoms with Gasteiger partial charge < -0.3 is 4.74 Å². The van der Waals surface area contributed by atoms with Crippen molar-refractivity contribution in [1.82, 2.24) is 0 Å². The molecule has 0 aromatic heterocycles. The van der Waals surface area contributed by atoms with Gasteiger partial charge in [-0.3, -0.25) is 0 Å². The lowest BCUT2D eigenvalue weighted by molar-refractivity contribution is 0.0684. The molecule has 0 aliphatic carbocycles. The summed E-state index contributed by atoms with van der Waals surface area (Å²) in [7, 11) is 0. The van der Waals surface area contributed by atoms with E-state index in [2.05, 4.69) is 26.5 Å². The van der Waals surface area contributed by atoms with Gasteiger partial charge in [0.2, 0.25) is 0 Å². The van der Waals surface area contributed by atoms with Gasteiger partial charge in [-0.15, -0.1) is 0 Å². The predicted molar refractivity (Wildman–Crippen MR) is 37.4 cm³/mol. The molecule has 0 aromatic rings. The number of hydrogen-bond acceptors (Lipinski definition) is 2. The Balaban J connectivity index is 2.39. The van der Waals surface area contributed by atoms with Gasteiger partial charge in [0.05, 0.1) is 12.2 Å². The molecule has 1 fully saturated rings. The third-order valence-electron chi connectivity index (χ3n) is 1.56. The normalized spacial score (nSPS) is 47.6. The largest absolute Gasteiger partial charge is 0.374 e. The lowest BCUT2D eigenvalue weighted by atomic mass is 10.2. The first-order valence-electron chi connectivity index (χ1n) is 3.03. The van der Waals surface area contributed by atoms with Crippen LogP contribution in [0.1, 0.15) is 20.3 Å². The van der Waals surface area contributed by atoms with Crippen molar-refractivity contribution in [2.75, 3.05) is 0 Å². The second-order valence-corrected chi connectivity index (χ2v) is 3.12. The highest BCUT2D eigenvalue weighted by Crippen LogP contribution is 2.23. The number of hydrogen-bond donors (Lipinski definition) is 1. The van der Waals surface area contributed by atoms with E-state index in [1.54, 1.807) is 0 Å². The van der Waals surface area contributed by atoms with E-state index in [9.17, 15) is 0 Å². The van der Waals surface area contributed by atoms with Crippen LogP contribution in [0.25, 0.3) is 0 Å². The van der Waals surface area contributed by atoms with E-state index in [0.29, 0.717) is 17.5 Å². The van der Waals surface area contributed by atoms with E-state index in [4.69, 9.17) is 4.74 Å². The maximum Gasteiger partial charge on any atom is 0.0667 e. The minimum Gasteiger partial charge on any atom is -0.374 e. The highest BCUT2D eigenvalue weighted by Gasteiger charge is 2.25. The van der Waals surface area contributed by atoms with Crippen molar-refractivity contribution in [1.29, 1.82) is 0 Å². The Hall–Kier alpha value is 0.310. The molecule has 3 unspecified atom stereocenters. The van der Waals surface area contributed by atoms with Gasteiger partial charge in [-0.1, -0.05) is 0 Å². The molecule has 1 rings (SSSR count). The second kappa shape index (κ2) is 2.28. The molecule has 1 saturated heterocycles. The smallest absolute Gasteiger partial charge is 0.0667 e. The van der Waals surface area contributed by atoms with E-state index < -0.39 is 0 Å². The molecule has 1 nitrogen and oxygen atoms in total. The molecule has 0 N–H and O–H groups in total. The second-order valence-electron chi connectivity index (χ2n) is 2.45. The first-order valence-corrected chi connectivity index (χ1v) is 3.55. The van der Waals surface area contributed by atoms with E-state index in [0.717, 1.165) is 6.42 Å². The Morgan fingerprint density at radius 2 is 2.12 bits per heavy atom. The van der Waals surface area contributed by atoms with Crippen LogP contribution in [0.4, 0.5) is 0 Å². The summed E-state index contributed by atoms with van der Waals surface area (Å²) in [6.07, 6.45) is 1.88. The van der Waals surface area contributed by atoms with Gasteiger partial charge in [0.25, 0.3) is 0 Å². The van der Waals surface area contributed by atoms with Gasteiger partial charge in [0.15, 0.2) is 0 Å². The average molecular weight is 132 g/mol. The molecule has 2 heteroatoms. The fourth-order valence-corrected chi connectivity index (χ4v) is 1.41. The lowest BCUT2D eigenvalue weighted by Crippen LogP contribution is -2.09. The van der Waals surface area contributed by atoms with Crippen molar-refractivity contribution < 1.29 is 4.74 Å². The monoisotopic (exact) mass is 132 g/mol. The summed E-state index contributed by atoms with van der Waals surface area (Å²) in [5.74, 6) is 0. The summed E-state index contributed by atoms with van der Waals surface area (Å²) in [5, 5.41) is 0.463. The Morgan fingerprint density at radius 1 is 1.50 bits per heavy atom. The first kappa shape index (κ1) is 6.43. The first-order chi connectivity index (χ1) is 3.70. The van der Waals surface area contributed by atoms with Crippen molar-refractivity contribution in [2.45, 2.75) is 37.7 Å². The average Bonchev–Trinajstić information content (AvgIpc) is 1.85. The van der Waals surface area contributed by atoms with Crippen LogP contribution < -0.4 is 0 Å². The van der Waals surface area contributed by atoms with Crippen LogP contribution in [-0.2, 0) is 4.74 Å². The minimum absolute atomic E-state index is 0.355. The maximum absolute atomic E-state index is 5.40. The SMILES string of the molecule is CC1CC(S)C(C)O1. The summed E-state index contributed by atoms with van der Waals surface area (Å²) >= 11 is 4.32. The highest BCUT2D eigenvalue weighted by molar-refractivity contribution is 7.81. The Labute approximate surface area is 55.8 Å². The zero-order chi connectivity index (χ0) is 6.15. The third kappa shape index (κ3) is 1.17. The van der Waals surface area contributed by atoms with Crippen LogP contribution in [0.15, 0.2) is 0 Å². The van der Waals surface area contributed by atoms with E-state index in [1.165, 1.54) is 0 Å². The number of rotatable bonds is 0. The maximum atomic E-state index is 5.40. The molecule has 1 aliphatic rings. The van der Waals surface area contributed by atoms with Crippen LogP contribution in [0, 0.1) is 0 Å². The van der Waals surface area contributed by atoms with Crippen LogP contribution in [0.5, 0.6) is 0 Å². The minimum atomic E-state index is 0.355. The summed E-state index contributed by atoms with van der Waals surface area (Å²) in [5.41, 5.74) is 0. The summed E-state index contributed by atoms with van der Waals surface area (Å²) in [6.45, 7) is 4.16. The third-order valence-corrected chi connectivity index (χ3v) is 2.19. The Kier molecular flexibility index (Phi) is 1.83. The van der Waals surface area contributed by atoms with Crippen molar-refractivity contribution >= 4 is 12.6 Å². The number of thiol groups is 1. The van der Waals surface area contributed by atoms with Crippen LogP contribution in [-0.4, -0.2) is 17.5 Å².